The normalized spacial score (nSPS) is 14.3. The van der Waals surface area contributed by atoms with Crippen LogP contribution in [0.15, 0.2) is 40.9 Å². The molecule has 0 saturated heterocycles. The number of aliphatic hydroxyl groups excluding tert-OH is 1. The van der Waals surface area contributed by atoms with Gasteiger partial charge in [0.2, 0.25) is 0 Å². The van der Waals surface area contributed by atoms with E-state index in [1.165, 1.54) is 22.3 Å². The van der Waals surface area contributed by atoms with Crippen molar-refractivity contribution in [2.24, 2.45) is 0 Å². The lowest BCUT2D eigenvalue weighted by Crippen LogP contribution is -1.92. The maximum Gasteiger partial charge on any atom is 0.0762 e. The summed E-state index contributed by atoms with van der Waals surface area (Å²) < 4.78 is 1.12. The number of halogens is 1. The van der Waals surface area contributed by atoms with Gasteiger partial charge in [-0.1, -0.05) is 40.2 Å². The van der Waals surface area contributed by atoms with Crippen LogP contribution in [0, 0.1) is 0 Å². The van der Waals surface area contributed by atoms with Gasteiger partial charge in [0.05, 0.1) is 6.10 Å². The quantitative estimate of drug-likeness (QED) is 0.716. The Morgan fingerprint density at radius 3 is 2.41 bits per heavy atom. The minimum absolute atomic E-state index is 0.393. The molecule has 0 bridgehead atoms. The molecule has 1 aliphatic rings. The average molecular weight is 289 g/mol. The SMILES string of the molecule is CC(O)c1ccc2c(c1)Cc1cc(Br)ccc1-2. The summed E-state index contributed by atoms with van der Waals surface area (Å²) in [5.41, 5.74) is 6.29. The molecule has 0 spiro atoms. The molecular formula is C15H13BrO. The Hall–Kier alpha value is -1.12. The molecule has 0 heterocycles. The molecule has 1 aliphatic carbocycles. The summed E-state index contributed by atoms with van der Waals surface area (Å²) in [6.07, 6.45) is 0.570. The molecule has 1 nitrogen and oxygen atoms in total. The van der Waals surface area contributed by atoms with Crippen molar-refractivity contribution in [1.82, 2.24) is 0 Å². The maximum atomic E-state index is 9.61. The molecule has 17 heavy (non-hydrogen) atoms. The number of rotatable bonds is 1. The van der Waals surface area contributed by atoms with E-state index in [2.05, 4.69) is 46.3 Å². The van der Waals surface area contributed by atoms with E-state index in [9.17, 15) is 5.11 Å². The van der Waals surface area contributed by atoms with Crippen LogP contribution in [0.25, 0.3) is 11.1 Å². The predicted molar refractivity (Wildman–Crippen MR) is 73.0 cm³/mol. The second kappa shape index (κ2) is 3.97. The van der Waals surface area contributed by atoms with Crippen LogP contribution < -0.4 is 0 Å². The molecule has 0 aliphatic heterocycles. The highest BCUT2D eigenvalue weighted by atomic mass is 79.9. The molecule has 1 N–H and O–H groups in total. The summed E-state index contributed by atoms with van der Waals surface area (Å²) in [5, 5.41) is 9.61. The number of hydrogen-bond donors (Lipinski definition) is 1. The average Bonchev–Trinajstić information content (AvgIpc) is 2.64. The number of fused-ring (bicyclic) bond motifs is 3. The summed E-state index contributed by atoms with van der Waals surface area (Å²) in [5.74, 6) is 0. The van der Waals surface area contributed by atoms with E-state index in [-0.39, 0.29) is 0 Å². The Balaban J connectivity index is 2.12. The first kappa shape index (κ1) is 11.0. The molecule has 0 saturated carbocycles. The maximum absolute atomic E-state index is 9.61. The van der Waals surface area contributed by atoms with E-state index in [4.69, 9.17) is 0 Å². The second-order valence-corrected chi connectivity index (χ2v) is 5.49. The molecule has 1 atom stereocenters. The molecule has 3 rings (SSSR count). The van der Waals surface area contributed by atoms with E-state index < -0.39 is 6.10 Å². The first-order valence-corrected chi connectivity index (χ1v) is 6.54. The summed E-state index contributed by atoms with van der Waals surface area (Å²) in [7, 11) is 0. The first-order chi connectivity index (χ1) is 8.15. The van der Waals surface area contributed by atoms with Gasteiger partial charge in [-0.3, -0.25) is 0 Å². The fourth-order valence-electron chi connectivity index (χ4n) is 2.46. The highest BCUT2D eigenvalue weighted by Crippen LogP contribution is 2.38. The van der Waals surface area contributed by atoms with Crippen LogP contribution in [0.1, 0.15) is 29.7 Å². The van der Waals surface area contributed by atoms with Crippen molar-refractivity contribution in [3.63, 3.8) is 0 Å². The molecule has 0 radical (unpaired) electrons. The molecule has 86 valence electrons. The van der Waals surface area contributed by atoms with Crippen LogP contribution in [0.3, 0.4) is 0 Å². The highest BCUT2D eigenvalue weighted by Gasteiger charge is 2.19. The molecule has 0 amide bonds. The zero-order valence-corrected chi connectivity index (χ0v) is 11.2. The third-order valence-electron chi connectivity index (χ3n) is 3.35. The standard InChI is InChI=1S/C15H13BrO/c1-9(17)10-2-4-14-11(6-10)7-12-8-13(16)3-5-15(12)14/h2-6,8-9,17H,7H2,1H3. The monoisotopic (exact) mass is 288 g/mol. The largest absolute Gasteiger partial charge is 0.389 e. The number of hydrogen-bond acceptors (Lipinski definition) is 1. The smallest absolute Gasteiger partial charge is 0.0762 e. The van der Waals surface area contributed by atoms with Gasteiger partial charge in [-0.05, 0) is 53.3 Å². The minimum Gasteiger partial charge on any atom is -0.389 e. The Labute approximate surface area is 109 Å². The van der Waals surface area contributed by atoms with Crippen LogP contribution in [0.2, 0.25) is 0 Å². The van der Waals surface area contributed by atoms with Crippen molar-refractivity contribution in [2.45, 2.75) is 19.4 Å². The van der Waals surface area contributed by atoms with E-state index in [1.54, 1.807) is 6.92 Å². The zero-order chi connectivity index (χ0) is 12.0. The molecule has 1 unspecified atom stereocenters. The van der Waals surface area contributed by atoms with Crippen molar-refractivity contribution < 1.29 is 5.11 Å². The van der Waals surface area contributed by atoms with Gasteiger partial charge >= 0.3 is 0 Å². The number of benzene rings is 2. The van der Waals surface area contributed by atoms with Gasteiger partial charge in [-0.15, -0.1) is 0 Å². The molecule has 2 heteroatoms. The van der Waals surface area contributed by atoms with Gasteiger partial charge in [0.25, 0.3) is 0 Å². The van der Waals surface area contributed by atoms with Gasteiger partial charge in [-0.2, -0.15) is 0 Å². The summed E-state index contributed by atoms with van der Waals surface area (Å²) in [6.45, 7) is 1.81. The van der Waals surface area contributed by atoms with E-state index in [0.717, 1.165) is 16.5 Å². The summed E-state index contributed by atoms with van der Waals surface area (Å²) in [6, 6.07) is 12.7. The van der Waals surface area contributed by atoms with Crippen LogP contribution in [-0.4, -0.2) is 5.11 Å². The molecule has 0 fully saturated rings. The Bertz CT molecular complexity index is 587. The highest BCUT2D eigenvalue weighted by molar-refractivity contribution is 9.10. The Morgan fingerprint density at radius 1 is 1.06 bits per heavy atom. The lowest BCUT2D eigenvalue weighted by molar-refractivity contribution is 0.199. The van der Waals surface area contributed by atoms with Crippen molar-refractivity contribution >= 4 is 15.9 Å². The van der Waals surface area contributed by atoms with Crippen molar-refractivity contribution in [1.29, 1.82) is 0 Å². The molecule has 2 aromatic carbocycles. The van der Waals surface area contributed by atoms with Gasteiger partial charge < -0.3 is 5.11 Å². The summed E-state index contributed by atoms with van der Waals surface area (Å²) in [4.78, 5) is 0. The second-order valence-electron chi connectivity index (χ2n) is 4.57. The van der Waals surface area contributed by atoms with Crippen molar-refractivity contribution in [3.05, 3.63) is 57.6 Å². The summed E-state index contributed by atoms with van der Waals surface area (Å²) >= 11 is 3.51. The van der Waals surface area contributed by atoms with E-state index in [1.807, 2.05) is 6.07 Å². The topological polar surface area (TPSA) is 20.2 Å². The van der Waals surface area contributed by atoms with Crippen LogP contribution in [0.5, 0.6) is 0 Å². The lowest BCUT2D eigenvalue weighted by Gasteiger charge is -2.07. The van der Waals surface area contributed by atoms with E-state index in [0.29, 0.717) is 0 Å². The molecule has 0 aromatic heterocycles. The fraction of sp³-hybridized carbons (Fsp3) is 0.200. The minimum atomic E-state index is -0.393. The van der Waals surface area contributed by atoms with Crippen LogP contribution in [-0.2, 0) is 6.42 Å². The molecular weight excluding hydrogens is 276 g/mol. The van der Waals surface area contributed by atoms with Gasteiger partial charge in [0, 0.05) is 4.47 Å². The van der Waals surface area contributed by atoms with Crippen LogP contribution in [0.4, 0.5) is 0 Å². The first-order valence-electron chi connectivity index (χ1n) is 5.75. The van der Waals surface area contributed by atoms with Crippen LogP contribution >= 0.6 is 15.9 Å². The Morgan fingerprint density at radius 2 is 1.71 bits per heavy atom. The lowest BCUT2D eigenvalue weighted by atomic mass is 10.0. The third-order valence-corrected chi connectivity index (χ3v) is 3.84. The third kappa shape index (κ3) is 1.81. The number of aliphatic hydroxyl groups is 1. The fourth-order valence-corrected chi connectivity index (χ4v) is 2.87. The van der Waals surface area contributed by atoms with Crippen molar-refractivity contribution in [2.75, 3.05) is 0 Å². The van der Waals surface area contributed by atoms with Crippen molar-refractivity contribution in [3.8, 4) is 11.1 Å². The van der Waals surface area contributed by atoms with Gasteiger partial charge in [0.1, 0.15) is 0 Å². The van der Waals surface area contributed by atoms with Gasteiger partial charge in [0.15, 0.2) is 0 Å². The van der Waals surface area contributed by atoms with E-state index >= 15 is 0 Å². The zero-order valence-electron chi connectivity index (χ0n) is 9.57. The van der Waals surface area contributed by atoms with Gasteiger partial charge in [-0.25, -0.2) is 0 Å². The Kier molecular flexibility index (Phi) is 2.57. The predicted octanol–water partition coefficient (Wildman–Crippen LogP) is 4.07. The molecule has 2 aromatic rings.